The summed E-state index contributed by atoms with van der Waals surface area (Å²) in [4.78, 5) is 7.25. The first-order valence-corrected chi connectivity index (χ1v) is 11.1. The van der Waals surface area contributed by atoms with Gasteiger partial charge in [-0.15, -0.1) is 24.0 Å². The predicted molar refractivity (Wildman–Crippen MR) is 138 cm³/mol. The Kier molecular flexibility index (Phi) is 9.89. The van der Waals surface area contributed by atoms with E-state index in [1.165, 1.54) is 0 Å². The molecule has 0 radical (unpaired) electrons. The molecular weight excluding hydrogens is 519 g/mol. The lowest BCUT2D eigenvalue weighted by Crippen LogP contribution is -2.40. The predicted octanol–water partition coefficient (Wildman–Crippen LogP) is 4.21. The van der Waals surface area contributed by atoms with E-state index in [2.05, 4.69) is 34.6 Å². The Balaban J connectivity index is 0.00000289. The van der Waals surface area contributed by atoms with Crippen molar-refractivity contribution in [2.75, 3.05) is 45.9 Å². The van der Waals surface area contributed by atoms with E-state index in [9.17, 15) is 0 Å². The van der Waals surface area contributed by atoms with E-state index in [0.717, 1.165) is 87.2 Å². The third-order valence-electron chi connectivity index (χ3n) is 5.47. The molecule has 1 fully saturated rings. The van der Waals surface area contributed by atoms with Gasteiger partial charge in [0.2, 0.25) is 0 Å². The number of fused-ring (bicyclic) bond motifs is 1. The Morgan fingerprint density at radius 1 is 1.16 bits per heavy atom. The zero-order valence-corrected chi connectivity index (χ0v) is 20.9. The Labute approximate surface area is 206 Å². The van der Waals surface area contributed by atoms with Crippen LogP contribution in [-0.4, -0.2) is 56.8 Å². The smallest absolute Gasteiger partial charge is 0.191 e. The summed E-state index contributed by atoms with van der Waals surface area (Å²) >= 11 is 0. The van der Waals surface area contributed by atoms with Gasteiger partial charge in [-0.1, -0.05) is 18.2 Å². The number of ether oxygens (including phenoxy) is 1. The molecule has 174 valence electrons. The molecule has 0 bridgehead atoms. The SMILES string of the molecule is CC(NC(=NCCCN1CCOCC1)NCCc1ccco1)c1cc2ccccc2o1.I. The summed E-state index contributed by atoms with van der Waals surface area (Å²) in [5.74, 6) is 2.65. The number of halogens is 1. The largest absolute Gasteiger partial charge is 0.469 e. The highest BCUT2D eigenvalue weighted by Crippen LogP contribution is 2.23. The highest BCUT2D eigenvalue weighted by molar-refractivity contribution is 14.0. The second-order valence-electron chi connectivity index (χ2n) is 7.85. The second-order valence-corrected chi connectivity index (χ2v) is 7.85. The van der Waals surface area contributed by atoms with Gasteiger partial charge in [0.15, 0.2) is 5.96 Å². The van der Waals surface area contributed by atoms with Crippen molar-refractivity contribution in [2.24, 2.45) is 4.99 Å². The molecule has 0 saturated carbocycles. The number of furan rings is 2. The first kappa shape index (κ1) is 24.6. The average Bonchev–Trinajstić information content (AvgIpc) is 3.47. The number of benzene rings is 1. The maximum Gasteiger partial charge on any atom is 0.191 e. The Morgan fingerprint density at radius 2 is 2.00 bits per heavy atom. The number of hydrogen-bond donors (Lipinski definition) is 2. The zero-order chi connectivity index (χ0) is 21.3. The van der Waals surface area contributed by atoms with Crippen molar-refractivity contribution in [1.29, 1.82) is 0 Å². The summed E-state index contributed by atoms with van der Waals surface area (Å²) < 4.78 is 16.9. The molecule has 1 atom stereocenters. The first-order chi connectivity index (χ1) is 15.3. The van der Waals surface area contributed by atoms with Gasteiger partial charge in [0.05, 0.1) is 25.5 Å². The van der Waals surface area contributed by atoms with E-state index in [-0.39, 0.29) is 30.0 Å². The standard InChI is InChI=1S/C24H32N4O3.HI/c1-19(23-18-20-6-2-3-8-22(20)31-23)27-24(26-11-9-21-7-4-15-30-21)25-10-5-12-28-13-16-29-17-14-28;/h2-4,6-8,15,18-19H,5,9-14,16-17H2,1H3,(H2,25,26,27);1H. The molecule has 1 aromatic carbocycles. The van der Waals surface area contributed by atoms with Crippen LogP contribution in [0.25, 0.3) is 11.0 Å². The van der Waals surface area contributed by atoms with Gasteiger partial charge in [0.1, 0.15) is 17.1 Å². The number of nitrogens with one attached hydrogen (secondary N) is 2. The van der Waals surface area contributed by atoms with Crippen molar-refractivity contribution in [3.05, 3.63) is 60.2 Å². The number of morpholine rings is 1. The molecule has 2 N–H and O–H groups in total. The van der Waals surface area contributed by atoms with Crippen LogP contribution >= 0.6 is 24.0 Å². The maximum absolute atomic E-state index is 6.02. The molecule has 1 aliphatic heterocycles. The molecule has 8 heteroatoms. The van der Waals surface area contributed by atoms with Gasteiger partial charge in [0.25, 0.3) is 0 Å². The molecule has 3 aromatic rings. The van der Waals surface area contributed by atoms with E-state index in [4.69, 9.17) is 18.6 Å². The molecule has 32 heavy (non-hydrogen) atoms. The third-order valence-corrected chi connectivity index (χ3v) is 5.47. The highest BCUT2D eigenvalue weighted by Gasteiger charge is 2.14. The first-order valence-electron chi connectivity index (χ1n) is 11.1. The molecule has 1 saturated heterocycles. The van der Waals surface area contributed by atoms with Crippen LogP contribution in [0.1, 0.15) is 30.9 Å². The molecule has 0 amide bonds. The molecule has 3 heterocycles. The lowest BCUT2D eigenvalue weighted by atomic mass is 10.2. The number of nitrogens with zero attached hydrogens (tertiary/aromatic N) is 2. The number of guanidine groups is 1. The Bertz CT molecular complexity index is 918. The van der Waals surface area contributed by atoms with Crippen LogP contribution < -0.4 is 10.6 Å². The third kappa shape index (κ3) is 7.25. The Hall–Kier alpha value is -2.04. The molecule has 2 aromatic heterocycles. The van der Waals surface area contributed by atoms with Crippen LogP contribution in [0.4, 0.5) is 0 Å². The van der Waals surface area contributed by atoms with Crippen molar-refractivity contribution in [3.63, 3.8) is 0 Å². The molecule has 7 nitrogen and oxygen atoms in total. The summed E-state index contributed by atoms with van der Waals surface area (Å²) in [5.41, 5.74) is 0.904. The molecule has 0 aliphatic carbocycles. The van der Waals surface area contributed by atoms with E-state index >= 15 is 0 Å². The van der Waals surface area contributed by atoms with Gasteiger partial charge in [-0.2, -0.15) is 0 Å². The molecule has 4 rings (SSSR count). The van der Waals surface area contributed by atoms with Crippen LogP contribution in [0.15, 0.2) is 62.6 Å². The number of aliphatic imine (C=N–C) groups is 1. The lowest BCUT2D eigenvalue weighted by Gasteiger charge is -2.26. The van der Waals surface area contributed by atoms with Gasteiger partial charge in [0, 0.05) is 44.5 Å². The normalized spacial score (nSPS) is 16.0. The number of para-hydroxylation sites is 1. The summed E-state index contributed by atoms with van der Waals surface area (Å²) in [6, 6.07) is 14.1. The van der Waals surface area contributed by atoms with Crippen LogP contribution in [0.3, 0.4) is 0 Å². The zero-order valence-electron chi connectivity index (χ0n) is 18.6. The van der Waals surface area contributed by atoms with Crippen molar-refractivity contribution in [1.82, 2.24) is 15.5 Å². The van der Waals surface area contributed by atoms with Gasteiger partial charge >= 0.3 is 0 Å². The molecule has 0 spiro atoms. The highest BCUT2D eigenvalue weighted by atomic mass is 127. The van der Waals surface area contributed by atoms with Crippen LogP contribution in [0, 0.1) is 0 Å². The lowest BCUT2D eigenvalue weighted by molar-refractivity contribution is 0.0377. The fourth-order valence-electron chi connectivity index (χ4n) is 3.71. The minimum Gasteiger partial charge on any atom is -0.469 e. The fourth-order valence-corrected chi connectivity index (χ4v) is 3.71. The summed E-state index contributed by atoms with van der Waals surface area (Å²) in [6.07, 6.45) is 3.53. The molecular formula is C24H33IN4O3. The average molecular weight is 552 g/mol. The van der Waals surface area contributed by atoms with Gasteiger partial charge in [-0.25, -0.2) is 0 Å². The van der Waals surface area contributed by atoms with Crippen molar-refractivity contribution in [2.45, 2.75) is 25.8 Å². The van der Waals surface area contributed by atoms with Crippen LogP contribution in [0.2, 0.25) is 0 Å². The number of hydrogen-bond acceptors (Lipinski definition) is 5. The van der Waals surface area contributed by atoms with Gasteiger partial charge in [-0.05, 0) is 37.6 Å². The summed E-state index contributed by atoms with van der Waals surface area (Å²) in [5, 5.41) is 8.04. The minimum absolute atomic E-state index is 0. The summed E-state index contributed by atoms with van der Waals surface area (Å²) in [7, 11) is 0. The van der Waals surface area contributed by atoms with Crippen LogP contribution in [-0.2, 0) is 11.2 Å². The monoisotopic (exact) mass is 552 g/mol. The topological polar surface area (TPSA) is 75.2 Å². The van der Waals surface area contributed by atoms with E-state index in [0.29, 0.717) is 0 Å². The van der Waals surface area contributed by atoms with Crippen molar-refractivity contribution in [3.8, 4) is 0 Å². The Morgan fingerprint density at radius 3 is 2.78 bits per heavy atom. The molecule has 1 unspecified atom stereocenters. The van der Waals surface area contributed by atoms with Crippen molar-refractivity contribution < 1.29 is 13.6 Å². The van der Waals surface area contributed by atoms with Gasteiger partial charge < -0.3 is 24.2 Å². The maximum atomic E-state index is 6.02. The minimum atomic E-state index is 0. The van der Waals surface area contributed by atoms with Gasteiger partial charge in [-0.3, -0.25) is 9.89 Å². The van der Waals surface area contributed by atoms with Crippen LogP contribution in [0.5, 0.6) is 0 Å². The van der Waals surface area contributed by atoms with E-state index < -0.39 is 0 Å². The second kappa shape index (κ2) is 12.9. The van der Waals surface area contributed by atoms with Crippen molar-refractivity contribution >= 4 is 40.9 Å². The van der Waals surface area contributed by atoms with E-state index in [1.807, 2.05) is 30.3 Å². The quantitative estimate of drug-likeness (QED) is 0.179. The fraction of sp³-hybridized carbons (Fsp3) is 0.458. The van der Waals surface area contributed by atoms with E-state index in [1.54, 1.807) is 6.26 Å². The summed E-state index contributed by atoms with van der Waals surface area (Å²) in [6.45, 7) is 8.34. The molecule has 1 aliphatic rings. The number of rotatable bonds is 9.